The van der Waals surface area contributed by atoms with E-state index in [1.165, 1.54) is 18.3 Å². The van der Waals surface area contributed by atoms with Crippen LogP contribution >= 0.6 is 11.3 Å². The number of aromatic nitrogens is 2. The molecule has 0 aliphatic heterocycles. The molecular weight excluding hydrogens is 298 g/mol. The molecule has 0 unspecified atom stereocenters. The van der Waals surface area contributed by atoms with Crippen molar-refractivity contribution in [1.29, 1.82) is 0 Å². The number of thiophene rings is 1. The Balaban J connectivity index is 2.10. The maximum Gasteiger partial charge on any atom is 0.339 e. The van der Waals surface area contributed by atoms with Crippen molar-refractivity contribution in [2.24, 2.45) is 0 Å². The van der Waals surface area contributed by atoms with E-state index in [2.05, 4.69) is 29.1 Å². The van der Waals surface area contributed by atoms with Gasteiger partial charge in [0, 0.05) is 4.88 Å². The van der Waals surface area contributed by atoms with Crippen molar-refractivity contribution < 1.29 is 9.53 Å². The largest absolute Gasteiger partial charge is 0.465 e. The van der Waals surface area contributed by atoms with E-state index in [0.717, 1.165) is 15.8 Å². The molecule has 22 heavy (non-hydrogen) atoms. The Labute approximate surface area is 132 Å². The zero-order valence-electron chi connectivity index (χ0n) is 12.5. The van der Waals surface area contributed by atoms with Crippen LogP contribution in [0.1, 0.15) is 20.8 Å². The summed E-state index contributed by atoms with van der Waals surface area (Å²) in [7, 11) is 1.37. The monoisotopic (exact) mass is 313 g/mol. The van der Waals surface area contributed by atoms with Crippen molar-refractivity contribution in [3.8, 4) is 0 Å². The van der Waals surface area contributed by atoms with Gasteiger partial charge in [-0.25, -0.2) is 14.8 Å². The van der Waals surface area contributed by atoms with Crippen molar-refractivity contribution in [3.63, 3.8) is 0 Å². The minimum absolute atomic E-state index is 0.383. The van der Waals surface area contributed by atoms with Crippen LogP contribution in [0.4, 0.5) is 11.5 Å². The number of carbonyl (C=O) groups excluding carboxylic acids is 1. The Morgan fingerprint density at radius 2 is 2.00 bits per heavy atom. The number of hydrogen-bond acceptors (Lipinski definition) is 6. The lowest BCUT2D eigenvalue weighted by Crippen LogP contribution is -2.06. The van der Waals surface area contributed by atoms with Gasteiger partial charge in [-0.2, -0.15) is 0 Å². The van der Waals surface area contributed by atoms with Crippen molar-refractivity contribution in [1.82, 2.24) is 9.97 Å². The third-order valence-electron chi connectivity index (χ3n) is 3.55. The molecule has 3 rings (SSSR count). The molecule has 0 spiro atoms. The van der Waals surface area contributed by atoms with Crippen LogP contribution in [-0.2, 0) is 4.74 Å². The fourth-order valence-electron chi connectivity index (χ4n) is 2.28. The third-order valence-corrected chi connectivity index (χ3v) is 4.67. The summed E-state index contributed by atoms with van der Waals surface area (Å²) in [5.41, 5.74) is 2.29. The average Bonchev–Trinajstić information content (AvgIpc) is 2.83. The summed E-state index contributed by atoms with van der Waals surface area (Å²) in [6.07, 6.45) is 1.53. The van der Waals surface area contributed by atoms with Gasteiger partial charge in [-0.15, -0.1) is 11.3 Å². The van der Waals surface area contributed by atoms with Gasteiger partial charge in [0.1, 0.15) is 17.0 Å². The lowest BCUT2D eigenvalue weighted by molar-refractivity contribution is 0.0602. The fourth-order valence-corrected chi connectivity index (χ4v) is 3.28. The topological polar surface area (TPSA) is 64.1 Å². The van der Waals surface area contributed by atoms with E-state index < -0.39 is 0 Å². The molecule has 0 amide bonds. The zero-order valence-corrected chi connectivity index (χ0v) is 13.3. The quantitative estimate of drug-likeness (QED) is 0.744. The molecule has 2 aromatic heterocycles. The lowest BCUT2D eigenvalue weighted by Gasteiger charge is -2.11. The summed E-state index contributed by atoms with van der Waals surface area (Å²) in [6.45, 7) is 4.11. The Hall–Kier alpha value is -2.47. The highest BCUT2D eigenvalue weighted by molar-refractivity contribution is 7.18. The van der Waals surface area contributed by atoms with Crippen LogP contribution in [0, 0.1) is 13.8 Å². The molecule has 6 heteroatoms. The van der Waals surface area contributed by atoms with Gasteiger partial charge < -0.3 is 10.1 Å². The highest BCUT2D eigenvalue weighted by Gasteiger charge is 2.15. The first-order valence-electron chi connectivity index (χ1n) is 6.77. The number of rotatable bonds is 3. The molecule has 0 saturated heterocycles. The number of carbonyl (C=O) groups is 1. The molecule has 0 atom stereocenters. The van der Waals surface area contributed by atoms with Crippen molar-refractivity contribution in [2.45, 2.75) is 13.8 Å². The van der Waals surface area contributed by atoms with Gasteiger partial charge in [0.2, 0.25) is 0 Å². The second-order valence-corrected chi connectivity index (χ2v) is 6.05. The first kappa shape index (κ1) is 14.5. The molecule has 0 radical (unpaired) electrons. The highest BCUT2D eigenvalue weighted by atomic mass is 32.1. The molecule has 0 aliphatic rings. The number of anilines is 2. The van der Waals surface area contributed by atoms with Gasteiger partial charge in [0.05, 0.1) is 23.7 Å². The summed E-state index contributed by atoms with van der Waals surface area (Å²) in [4.78, 5) is 22.7. The predicted octanol–water partition coefficient (Wildman–Crippen LogP) is 3.84. The lowest BCUT2D eigenvalue weighted by atomic mass is 10.1. The molecule has 0 saturated carbocycles. The number of para-hydroxylation sites is 1. The molecule has 1 N–H and O–H groups in total. The van der Waals surface area contributed by atoms with E-state index in [1.54, 1.807) is 23.5 Å². The van der Waals surface area contributed by atoms with Crippen LogP contribution in [0.25, 0.3) is 10.2 Å². The van der Waals surface area contributed by atoms with Gasteiger partial charge in [0.15, 0.2) is 0 Å². The molecular formula is C16H15N3O2S. The average molecular weight is 313 g/mol. The summed E-state index contributed by atoms with van der Waals surface area (Å²) >= 11 is 1.64. The van der Waals surface area contributed by atoms with Crippen LogP contribution in [-0.4, -0.2) is 23.0 Å². The van der Waals surface area contributed by atoms with Crippen molar-refractivity contribution in [2.75, 3.05) is 12.4 Å². The summed E-state index contributed by atoms with van der Waals surface area (Å²) in [5, 5.41) is 4.23. The number of ether oxygens (including phenoxy) is 1. The number of fused-ring (bicyclic) bond motifs is 1. The maximum atomic E-state index is 11.9. The Morgan fingerprint density at radius 1 is 1.23 bits per heavy atom. The van der Waals surface area contributed by atoms with Crippen LogP contribution in [0.2, 0.25) is 0 Å². The van der Waals surface area contributed by atoms with Crippen LogP contribution in [0.5, 0.6) is 0 Å². The molecule has 5 nitrogen and oxygen atoms in total. The smallest absolute Gasteiger partial charge is 0.339 e. The van der Waals surface area contributed by atoms with Crippen LogP contribution in [0.15, 0.2) is 30.6 Å². The van der Waals surface area contributed by atoms with Gasteiger partial charge in [0.25, 0.3) is 0 Å². The maximum absolute atomic E-state index is 11.9. The number of hydrogen-bond donors (Lipinski definition) is 1. The molecule has 2 heterocycles. The Kier molecular flexibility index (Phi) is 3.77. The van der Waals surface area contributed by atoms with E-state index in [4.69, 9.17) is 4.74 Å². The third kappa shape index (κ3) is 2.42. The highest BCUT2D eigenvalue weighted by Crippen LogP contribution is 2.34. The van der Waals surface area contributed by atoms with E-state index >= 15 is 0 Å². The number of methoxy groups -OCH3 is 1. The number of aryl methyl sites for hydroxylation is 2. The van der Waals surface area contributed by atoms with Gasteiger partial charge >= 0.3 is 5.97 Å². The normalized spacial score (nSPS) is 10.7. The zero-order chi connectivity index (χ0) is 15.7. The molecule has 0 fully saturated rings. The standard InChI is InChI=1S/C16H15N3O2S/c1-9-10(2)22-15-13(9)14(17-8-18-15)19-12-7-5-4-6-11(12)16(20)21-3/h4-8H,1-3H3,(H,17,18,19). The Bertz CT molecular complexity index is 858. The first-order valence-corrected chi connectivity index (χ1v) is 7.58. The van der Waals surface area contributed by atoms with E-state index in [1.807, 2.05) is 12.1 Å². The van der Waals surface area contributed by atoms with E-state index in [9.17, 15) is 4.79 Å². The van der Waals surface area contributed by atoms with Gasteiger partial charge in [-0.05, 0) is 31.5 Å². The number of nitrogens with one attached hydrogen (secondary N) is 1. The minimum Gasteiger partial charge on any atom is -0.465 e. The molecule has 112 valence electrons. The summed E-state index contributed by atoms with van der Waals surface area (Å²) in [6, 6.07) is 7.21. The number of nitrogens with zero attached hydrogens (tertiary/aromatic N) is 2. The van der Waals surface area contributed by atoms with Crippen LogP contribution < -0.4 is 5.32 Å². The number of benzene rings is 1. The molecule has 0 aliphatic carbocycles. The van der Waals surface area contributed by atoms with Crippen LogP contribution in [0.3, 0.4) is 0 Å². The predicted molar refractivity (Wildman–Crippen MR) is 88.0 cm³/mol. The van der Waals surface area contributed by atoms with Crippen molar-refractivity contribution >= 4 is 39.0 Å². The molecule has 1 aromatic carbocycles. The van der Waals surface area contributed by atoms with Crippen molar-refractivity contribution in [3.05, 3.63) is 46.6 Å². The summed E-state index contributed by atoms with van der Waals surface area (Å²) < 4.78 is 4.82. The van der Waals surface area contributed by atoms with E-state index in [-0.39, 0.29) is 5.97 Å². The molecule has 3 aromatic rings. The SMILES string of the molecule is COC(=O)c1ccccc1Nc1ncnc2sc(C)c(C)c12. The van der Waals surface area contributed by atoms with Gasteiger partial charge in [-0.1, -0.05) is 12.1 Å². The second-order valence-electron chi connectivity index (χ2n) is 4.85. The number of esters is 1. The molecule has 0 bridgehead atoms. The summed E-state index contributed by atoms with van der Waals surface area (Å²) in [5.74, 6) is 0.315. The van der Waals surface area contributed by atoms with Gasteiger partial charge in [-0.3, -0.25) is 0 Å². The Morgan fingerprint density at radius 3 is 2.77 bits per heavy atom. The second kappa shape index (κ2) is 5.73. The fraction of sp³-hybridized carbons (Fsp3) is 0.188. The first-order chi connectivity index (χ1) is 10.6. The van der Waals surface area contributed by atoms with E-state index in [0.29, 0.717) is 17.1 Å². The minimum atomic E-state index is -0.383.